The number of halogens is 2. The second-order valence-corrected chi connectivity index (χ2v) is 2.19. The first-order chi connectivity index (χ1) is 2.27. The van der Waals surface area contributed by atoms with Gasteiger partial charge in [-0.15, -0.1) is 0 Å². The molecule has 5 heavy (non-hydrogen) atoms. The van der Waals surface area contributed by atoms with Gasteiger partial charge in [-0.05, 0) is 0 Å². The molecule has 0 aliphatic rings. The van der Waals surface area contributed by atoms with E-state index in [0.717, 1.165) is 0 Å². The molecule has 1 atom stereocenters. The molecule has 1 unspecified atom stereocenters. The lowest BCUT2D eigenvalue weighted by Gasteiger charge is -1.82. The zero-order valence-electron chi connectivity index (χ0n) is 3.04. The number of rotatable bonds is 1. The molecule has 0 aromatic carbocycles. The Hall–Kier alpha value is 0.0769. The Balaban J connectivity index is 2.54. The van der Waals surface area contributed by atoms with Crippen molar-refractivity contribution in [3.05, 3.63) is 0 Å². The molecule has 0 radical (unpaired) electrons. The fraction of sp³-hybridized carbons (Fsp3) is 1.00. The van der Waals surface area contributed by atoms with Crippen molar-refractivity contribution in [3.63, 3.8) is 0 Å². The van der Waals surface area contributed by atoms with Crippen LogP contribution >= 0.6 is 0 Å². The van der Waals surface area contributed by atoms with Gasteiger partial charge in [0.25, 0.3) is 0 Å². The highest BCUT2D eigenvalue weighted by Gasteiger charge is 1.89. The Labute approximate surface area is 32.6 Å². The van der Waals surface area contributed by atoms with Crippen molar-refractivity contribution in [1.29, 1.82) is 0 Å². The Kier molecular flexibility index (Phi) is 2.36. The standard InChI is InChI=1S/C2H6F2Si/c3-1-2(4)5/h2H,1H2,5H3. The summed E-state index contributed by atoms with van der Waals surface area (Å²) in [7, 11) is 0.328. The minimum Gasteiger partial charge on any atom is -0.250 e. The molecule has 32 valence electrons. The second kappa shape index (κ2) is 2.32. The van der Waals surface area contributed by atoms with Gasteiger partial charge in [-0.25, -0.2) is 8.78 Å². The molecule has 3 heteroatoms. The summed E-state index contributed by atoms with van der Waals surface area (Å²) in [6, 6.07) is 0. The third kappa shape index (κ3) is 4.08. The monoisotopic (exact) mass is 96.0 g/mol. The molecule has 0 aromatic heterocycles. The molecule has 0 bridgehead atoms. The number of alkyl halides is 2. The molecule has 0 aliphatic carbocycles. The first-order valence-electron chi connectivity index (χ1n) is 1.47. The molecule has 0 aliphatic heterocycles. The first-order valence-corrected chi connectivity index (χ1v) is 2.63. The summed E-state index contributed by atoms with van der Waals surface area (Å²) in [5, 5.41) is 0. The van der Waals surface area contributed by atoms with Crippen molar-refractivity contribution in [3.8, 4) is 0 Å². The molecule has 0 saturated carbocycles. The Morgan fingerprint density at radius 1 is 1.80 bits per heavy atom. The van der Waals surface area contributed by atoms with Crippen LogP contribution in [0.15, 0.2) is 0 Å². The molecule has 0 aromatic rings. The summed E-state index contributed by atoms with van der Waals surface area (Å²) < 4.78 is 21.9. The van der Waals surface area contributed by atoms with E-state index in [-0.39, 0.29) is 0 Å². The fourth-order valence-electron chi connectivity index (χ4n) is 0. The van der Waals surface area contributed by atoms with E-state index in [9.17, 15) is 8.78 Å². The molecule has 0 heterocycles. The van der Waals surface area contributed by atoms with Gasteiger partial charge in [-0.1, -0.05) is 0 Å². The minimum absolute atomic E-state index is 0.328. The van der Waals surface area contributed by atoms with Gasteiger partial charge in [0.1, 0.15) is 12.5 Å². The van der Waals surface area contributed by atoms with Crippen LogP contribution in [0.25, 0.3) is 0 Å². The van der Waals surface area contributed by atoms with E-state index in [2.05, 4.69) is 0 Å². The lowest BCUT2D eigenvalue weighted by molar-refractivity contribution is 0.341. The van der Waals surface area contributed by atoms with Gasteiger partial charge < -0.3 is 0 Å². The molecule has 0 rings (SSSR count). The van der Waals surface area contributed by atoms with E-state index < -0.39 is 12.5 Å². The zero-order valence-corrected chi connectivity index (χ0v) is 5.04. The highest BCUT2D eigenvalue weighted by Crippen LogP contribution is 1.79. The Morgan fingerprint density at radius 3 is 2.00 bits per heavy atom. The lowest BCUT2D eigenvalue weighted by atomic mass is 10.9. The Bertz CT molecular complexity index is 21.6. The third-order valence-electron chi connectivity index (χ3n) is 0.213. The normalized spacial score (nSPS) is 15.6. The van der Waals surface area contributed by atoms with E-state index in [1.54, 1.807) is 0 Å². The largest absolute Gasteiger partial charge is 0.250 e. The zero-order chi connectivity index (χ0) is 4.28. The summed E-state index contributed by atoms with van der Waals surface area (Å²) >= 11 is 0. The number of hydrogen-bond acceptors (Lipinski definition) is 0. The van der Waals surface area contributed by atoms with Crippen LogP contribution in [0, 0.1) is 0 Å². The van der Waals surface area contributed by atoms with Gasteiger partial charge >= 0.3 is 0 Å². The van der Waals surface area contributed by atoms with Crippen molar-refractivity contribution in [2.45, 2.75) is 5.79 Å². The summed E-state index contributed by atoms with van der Waals surface area (Å²) in [6.45, 7) is -0.799. The van der Waals surface area contributed by atoms with Crippen molar-refractivity contribution < 1.29 is 8.78 Å². The first kappa shape index (κ1) is 5.08. The molecule has 0 nitrogen and oxygen atoms in total. The van der Waals surface area contributed by atoms with Crippen LogP contribution in [0.2, 0.25) is 0 Å². The average molecular weight is 96.2 g/mol. The van der Waals surface area contributed by atoms with Crippen molar-refractivity contribution in [2.24, 2.45) is 0 Å². The quantitative estimate of drug-likeness (QED) is 0.390. The molecule has 0 spiro atoms. The van der Waals surface area contributed by atoms with Crippen molar-refractivity contribution in [2.75, 3.05) is 6.67 Å². The van der Waals surface area contributed by atoms with Crippen LogP contribution < -0.4 is 0 Å². The fourth-order valence-corrected chi connectivity index (χ4v) is 0. The molecular weight excluding hydrogens is 90.1 g/mol. The van der Waals surface area contributed by atoms with Crippen LogP contribution in [0.5, 0.6) is 0 Å². The van der Waals surface area contributed by atoms with E-state index in [0.29, 0.717) is 10.2 Å². The summed E-state index contributed by atoms with van der Waals surface area (Å²) in [5.41, 5.74) is 0. The predicted molar refractivity (Wildman–Crippen MR) is 20.8 cm³/mol. The van der Waals surface area contributed by atoms with E-state index >= 15 is 0 Å². The molecular formula is C2H6F2Si. The lowest BCUT2D eigenvalue weighted by Crippen LogP contribution is -1.98. The topological polar surface area (TPSA) is 0 Å². The van der Waals surface area contributed by atoms with Gasteiger partial charge in [-0.2, -0.15) is 0 Å². The van der Waals surface area contributed by atoms with Crippen molar-refractivity contribution >= 4 is 10.2 Å². The second-order valence-electron chi connectivity index (χ2n) is 0.935. The van der Waals surface area contributed by atoms with E-state index in [4.69, 9.17) is 0 Å². The van der Waals surface area contributed by atoms with E-state index in [1.165, 1.54) is 0 Å². The van der Waals surface area contributed by atoms with Crippen molar-refractivity contribution in [1.82, 2.24) is 0 Å². The Morgan fingerprint density at radius 2 is 2.00 bits per heavy atom. The number of hydrogen-bond donors (Lipinski definition) is 0. The summed E-state index contributed by atoms with van der Waals surface area (Å²) in [6.07, 6.45) is 0. The van der Waals surface area contributed by atoms with E-state index in [1.807, 2.05) is 0 Å². The summed E-state index contributed by atoms with van der Waals surface area (Å²) in [4.78, 5) is 0. The SMILES string of the molecule is FCC(F)[SiH3]. The molecule has 0 saturated heterocycles. The smallest absolute Gasteiger partial charge is 0.116 e. The molecule has 0 fully saturated rings. The van der Waals surface area contributed by atoms with Gasteiger partial charge in [0.15, 0.2) is 0 Å². The average Bonchev–Trinajstić information content (AvgIpc) is 1.38. The third-order valence-corrected chi connectivity index (χ3v) is 0.521. The molecule has 0 N–H and O–H groups in total. The van der Waals surface area contributed by atoms with Crippen LogP contribution in [0.1, 0.15) is 0 Å². The maximum Gasteiger partial charge on any atom is 0.116 e. The minimum atomic E-state index is -1.14. The van der Waals surface area contributed by atoms with Crippen LogP contribution in [-0.4, -0.2) is 22.7 Å². The maximum absolute atomic E-state index is 11.1. The van der Waals surface area contributed by atoms with Crippen LogP contribution in [-0.2, 0) is 0 Å². The summed E-state index contributed by atoms with van der Waals surface area (Å²) in [5.74, 6) is -1.14. The maximum atomic E-state index is 11.1. The van der Waals surface area contributed by atoms with Crippen LogP contribution in [0.3, 0.4) is 0 Å². The van der Waals surface area contributed by atoms with Crippen LogP contribution in [0.4, 0.5) is 8.78 Å². The molecule has 0 amide bonds. The van der Waals surface area contributed by atoms with Gasteiger partial charge in [0, 0.05) is 10.2 Å². The van der Waals surface area contributed by atoms with Gasteiger partial charge in [-0.3, -0.25) is 0 Å². The highest BCUT2D eigenvalue weighted by molar-refractivity contribution is 6.10. The predicted octanol–water partition coefficient (Wildman–Crippen LogP) is -0.383. The van der Waals surface area contributed by atoms with Gasteiger partial charge in [0.05, 0.1) is 0 Å². The highest BCUT2D eigenvalue weighted by atomic mass is 28.1. The van der Waals surface area contributed by atoms with Gasteiger partial charge in [0.2, 0.25) is 0 Å².